The van der Waals surface area contributed by atoms with Crippen LogP contribution >= 0.6 is 39.3 Å². The molecule has 2 aromatic rings. The minimum atomic E-state index is 0.520. The van der Waals surface area contributed by atoms with Crippen LogP contribution in [0.5, 0.6) is 0 Å². The van der Waals surface area contributed by atoms with E-state index in [1.165, 1.54) is 4.90 Å². The number of rotatable bonds is 2. The van der Waals surface area contributed by atoms with Gasteiger partial charge in [-0.25, -0.2) is 4.98 Å². The second kappa shape index (κ2) is 5.01. The first-order valence-corrected chi connectivity index (χ1v) is 6.28. The maximum Gasteiger partial charge on any atom is 0.130 e. The third-order valence-electron chi connectivity index (χ3n) is 1.76. The molecule has 1 aromatic heterocycles. The number of nitrogens with zero attached hydrogens (tertiary/aromatic N) is 1. The number of halogens is 2. The lowest BCUT2D eigenvalue weighted by atomic mass is 10.4. The summed E-state index contributed by atoms with van der Waals surface area (Å²) in [5, 5.41) is 0.520. The lowest BCUT2D eigenvalue weighted by Crippen LogP contribution is -1.77. The number of benzene rings is 1. The molecule has 1 aromatic carbocycles. The molecular formula is C11H7BrClNS. The molecule has 0 spiro atoms. The lowest BCUT2D eigenvalue weighted by molar-refractivity contribution is 1.26. The van der Waals surface area contributed by atoms with Crippen molar-refractivity contribution in [1.29, 1.82) is 0 Å². The maximum absolute atomic E-state index is 5.81. The van der Waals surface area contributed by atoms with Gasteiger partial charge in [0.15, 0.2) is 0 Å². The molecule has 1 heterocycles. The maximum atomic E-state index is 5.81. The summed E-state index contributed by atoms with van der Waals surface area (Å²) < 4.78 is 1.09. The van der Waals surface area contributed by atoms with Gasteiger partial charge in [-0.05, 0) is 40.2 Å². The topological polar surface area (TPSA) is 12.9 Å². The van der Waals surface area contributed by atoms with Crippen molar-refractivity contribution in [2.24, 2.45) is 0 Å². The normalized spacial score (nSPS) is 10.3. The van der Waals surface area contributed by atoms with Gasteiger partial charge in [0.1, 0.15) is 5.15 Å². The van der Waals surface area contributed by atoms with Crippen molar-refractivity contribution in [2.75, 3.05) is 0 Å². The van der Waals surface area contributed by atoms with Crippen molar-refractivity contribution < 1.29 is 0 Å². The monoisotopic (exact) mass is 299 g/mol. The van der Waals surface area contributed by atoms with Gasteiger partial charge in [0.25, 0.3) is 0 Å². The Labute approximate surface area is 106 Å². The first-order chi connectivity index (χ1) is 7.25. The van der Waals surface area contributed by atoms with Crippen molar-refractivity contribution in [3.05, 3.63) is 52.2 Å². The fraction of sp³-hybridized carbons (Fsp3) is 0. The number of hydrogen-bond acceptors (Lipinski definition) is 2. The smallest absolute Gasteiger partial charge is 0.130 e. The minimum absolute atomic E-state index is 0.520. The minimum Gasteiger partial charge on any atom is -0.244 e. The Balaban J connectivity index is 2.26. The highest BCUT2D eigenvalue weighted by Crippen LogP contribution is 2.33. The molecule has 0 aliphatic carbocycles. The molecule has 0 aliphatic rings. The molecule has 0 bridgehead atoms. The van der Waals surface area contributed by atoms with E-state index >= 15 is 0 Å². The van der Waals surface area contributed by atoms with Gasteiger partial charge in [-0.1, -0.05) is 35.5 Å². The number of hydrogen-bond donors (Lipinski definition) is 0. The zero-order valence-electron chi connectivity index (χ0n) is 7.65. The Morgan fingerprint density at radius 2 is 2.00 bits per heavy atom. The van der Waals surface area contributed by atoms with Crippen LogP contribution in [-0.2, 0) is 0 Å². The predicted molar refractivity (Wildman–Crippen MR) is 67.5 cm³/mol. The summed E-state index contributed by atoms with van der Waals surface area (Å²) in [5.74, 6) is 0. The molecule has 4 heteroatoms. The van der Waals surface area contributed by atoms with Crippen molar-refractivity contribution in [2.45, 2.75) is 9.79 Å². The van der Waals surface area contributed by atoms with Crippen LogP contribution in [0.2, 0.25) is 5.15 Å². The standard InChI is InChI=1S/C11H7BrClNS/c12-9-3-1-2-4-10(9)15-8-5-6-14-11(13)7-8/h1-7H. The van der Waals surface area contributed by atoms with Gasteiger partial charge in [-0.3, -0.25) is 0 Å². The quantitative estimate of drug-likeness (QED) is 0.749. The fourth-order valence-corrected chi connectivity index (χ4v) is 2.73. The van der Waals surface area contributed by atoms with Crippen LogP contribution in [-0.4, -0.2) is 4.98 Å². The van der Waals surface area contributed by atoms with E-state index < -0.39 is 0 Å². The third kappa shape index (κ3) is 2.97. The van der Waals surface area contributed by atoms with Crippen LogP contribution in [0.3, 0.4) is 0 Å². The van der Waals surface area contributed by atoms with E-state index in [1.807, 2.05) is 30.3 Å². The van der Waals surface area contributed by atoms with Crippen LogP contribution in [0, 0.1) is 0 Å². The molecular weight excluding hydrogens is 294 g/mol. The average molecular weight is 301 g/mol. The van der Waals surface area contributed by atoms with Gasteiger partial charge >= 0.3 is 0 Å². The Kier molecular flexibility index (Phi) is 3.67. The molecule has 0 N–H and O–H groups in total. The second-order valence-corrected chi connectivity index (χ2v) is 5.20. The highest BCUT2D eigenvalue weighted by atomic mass is 79.9. The number of pyridine rings is 1. The summed E-state index contributed by atoms with van der Waals surface area (Å²) in [4.78, 5) is 6.20. The Morgan fingerprint density at radius 3 is 2.73 bits per heavy atom. The summed E-state index contributed by atoms with van der Waals surface area (Å²) in [6.45, 7) is 0. The van der Waals surface area contributed by atoms with Crippen molar-refractivity contribution in [3.63, 3.8) is 0 Å². The van der Waals surface area contributed by atoms with E-state index in [0.29, 0.717) is 5.15 Å². The highest BCUT2D eigenvalue weighted by Gasteiger charge is 2.01. The summed E-state index contributed by atoms with van der Waals surface area (Å²) >= 11 is 11.0. The van der Waals surface area contributed by atoms with Crippen LogP contribution in [0.4, 0.5) is 0 Å². The van der Waals surface area contributed by atoms with Crippen LogP contribution in [0.15, 0.2) is 56.9 Å². The van der Waals surface area contributed by atoms with E-state index in [9.17, 15) is 0 Å². The van der Waals surface area contributed by atoms with Crippen LogP contribution in [0.1, 0.15) is 0 Å². The van der Waals surface area contributed by atoms with Gasteiger partial charge in [-0.15, -0.1) is 0 Å². The number of aromatic nitrogens is 1. The molecule has 0 aliphatic heterocycles. The van der Waals surface area contributed by atoms with Crippen molar-refractivity contribution in [3.8, 4) is 0 Å². The molecule has 2 rings (SSSR count). The van der Waals surface area contributed by atoms with Gasteiger partial charge in [0.05, 0.1) is 0 Å². The summed E-state index contributed by atoms with van der Waals surface area (Å²) in [5.41, 5.74) is 0. The molecule has 0 fully saturated rings. The van der Waals surface area contributed by atoms with Gasteiger partial charge < -0.3 is 0 Å². The van der Waals surface area contributed by atoms with Crippen molar-refractivity contribution in [1.82, 2.24) is 4.98 Å². The van der Waals surface area contributed by atoms with Gasteiger partial charge in [-0.2, -0.15) is 0 Å². The van der Waals surface area contributed by atoms with E-state index in [1.54, 1.807) is 18.0 Å². The van der Waals surface area contributed by atoms with E-state index in [4.69, 9.17) is 11.6 Å². The second-order valence-electron chi connectivity index (χ2n) is 2.85. The highest BCUT2D eigenvalue weighted by molar-refractivity contribution is 9.10. The molecule has 15 heavy (non-hydrogen) atoms. The summed E-state index contributed by atoms with van der Waals surface area (Å²) in [6, 6.07) is 11.9. The lowest BCUT2D eigenvalue weighted by Gasteiger charge is -2.03. The Bertz CT molecular complexity index is 476. The zero-order valence-corrected chi connectivity index (χ0v) is 10.8. The van der Waals surface area contributed by atoms with Crippen molar-refractivity contribution >= 4 is 39.3 Å². The average Bonchev–Trinajstić information content (AvgIpc) is 2.22. The molecule has 0 radical (unpaired) electrons. The van der Waals surface area contributed by atoms with E-state index in [2.05, 4.69) is 27.0 Å². The molecule has 0 unspecified atom stereocenters. The molecule has 0 saturated carbocycles. The summed E-state index contributed by atoms with van der Waals surface area (Å²) in [6.07, 6.45) is 1.71. The zero-order chi connectivity index (χ0) is 10.7. The first kappa shape index (κ1) is 11.0. The van der Waals surface area contributed by atoms with Crippen LogP contribution in [0.25, 0.3) is 0 Å². The Hall–Kier alpha value is -0.510. The summed E-state index contributed by atoms with van der Waals surface area (Å²) in [7, 11) is 0. The van der Waals surface area contributed by atoms with E-state index in [-0.39, 0.29) is 0 Å². The molecule has 0 amide bonds. The van der Waals surface area contributed by atoms with Gasteiger partial charge in [0.2, 0.25) is 0 Å². The largest absolute Gasteiger partial charge is 0.244 e. The fourth-order valence-electron chi connectivity index (χ4n) is 1.10. The molecule has 1 nitrogen and oxygen atoms in total. The third-order valence-corrected chi connectivity index (χ3v) is 3.99. The first-order valence-electron chi connectivity index (χ1n) is 4.29. The Morgan fingerprint density at radius 1 is 1.20 bits per heavy atom. The molecule has 0 atom stereocenters. The predicted octanol–water partition coefficient (Wildman–Crippen LogP) is 4.65. The van der Waals surface area contributed by atoms with Gasteiger partial charge in [0, 0.05) is 20.5 Å². The van der Waals surface area contributed by atoms with Crippen LogP contribution < -0.4 is 0 Å². The SMILES string of the molecule is Clc1cc(Sc2ccccc2Br)ccn1. The van der Waals surface area contributed by atoms with E-state index in [0.717, 1.165) is 9.37 Å². The molecule has 0 saturated heterocycles. The molecule has 76 valence electrons.